The number of halogens is 9. The maximum Gasteiger partial charge on any atom is 0.416 e. The van der Waals surface area contributed by atoms with Crippen molar-refractivity contribution in [3.63, 3.8) is 0 Å². The molecular formula is C78H59F9N8O6. The molecule has 0 saturated heterocycles. The lowest BCUT2D eigenvalue weighted by molar-refractivity contribution is -0.137. The zero-order valence-corrected chi connectivity index (χ0v) is 53.9. The lowest BCUT2D eigenvalue weighted by Crippen LogP contribution is -2.33. The van der Waals surface area contributed by atoms with Gasteiger partial charge in [0.25, 0.3) is 0 Å². The normalized spacial score (nSPS) is 15.1. The number of pyridine rings is 2. The van der Waals surface area contributed by atoms with Crippen molar-refractivity contribution >= 4 is 66.4 Å². The van der Waals surface area contributed by atoms with Crippen molar-refractivity contribution in [2.45, 2.75) is 52.4 Å². The molecule has 12 aromatic rings. The maximum absolute atomic E-state index is 14.3. The highest BCUT2D eigenvalue weighted by molar-refractivity contribution is 5.96. The van der Waals surface area contributed by atoms with Crippen LogP contribution in [-0.2, 0) is 45.4 Å². The number of ether oxygens (including phenoxy) is 6. The number of hydrogen-bond donors (Lipinski definition) is 0. The van der Waals surface area contributed by atoms with Crippen molar-refractivity contribution in [1.82, 2.24) is 9.97 Å². The molecule has 0 atom stereocenters. The molecule has 0 saturated carbocycles. The molecule has 510 valence electrons. The highest BCUT2D eigenvalue weighted by Crippen LogP contribution is 2.45. The standard InChI is InChI=1S/C28H23F3N2O2.C26H16F6N2O2.C24H20N4O2/c1-18-4-2-6-22(12-18)32-14-19-8-10-25-24(26(19)34-16-32)11-9-20-15-33(17-35-27(20)25)23-7-3-5-21(13-23)28(29,30)31;27-17-5-19(29)25(20(30)6-17)33-9-15-1-13-2-16-10-34(26-21(31)7-18(28)8-22(26)32)12-36-24(16)4-14(13)3-23(15)35-11-33;1-3-20(11-25-7-1)27-13-18-6-5-17-10-23-19(9-22(17)24(18)30-16-27)14-28(15-29-23)21-4-2-8-26-12-21/h2-13H,14-17H2,1H3;1-8H,9-12H2;1-12H,13-16H2. The molecule has 6 aliphatic rings. The Kier molecular flexibility index (Phi) is 16.6. The molecule has 8 heterocycles. The minimum atomic E-state index is -4.38. The molecule has 6 aliphatic heterocycles. The van der Waals surface area contributed by atoms with E-state index in [2.05, 4.69) is 98.3 Å². The number of anilines is 6. The maximum atomic E-state index is 14.3. The van der Waals surface area contributed by atoms with Crippen LogP contribution in [0.25, 0.3) is 32.3 Å². The molecule has 0 unspecified atom stereocenters. The number of rotatable bonds is 6. The minimum Gasteiger partial charge on any atom is -0.473 e. The van der Waals surface area contributed by atoms with Gasteiger partial charge in [0.1, 0.15) is 57.5 Å². The lowest BCUT2D eigenvalue weighted by Gasteiger charge is -2.34. The second kappa shape index (κ2) is 26.2. The van der Waals surface area contributed by atoms with Gasteiger partial charge in [-0.25, -0.2) is 26.3 Å². The van der Waals surface area contributed by atoms with Crippen LogP contribution >= 0.6 is 0 Å². The van der Waals surface area contributed by atoms with Crippen LogP contribution < -0.4 is 57.8 Å². The molecule has 0 aliphatic carbocycles. The second-order valence-electron chi connectivity index (χ2n) is 25.3. The first-order chi connectivity index (χ1) is 49.0. The molecule has 23 heteroatoms. The van der Waals surface area contributed by atoms with Crippen molar-refractivity contribution in [1.29, 1.82) is 0 Å². The smallest absolute Gasteiger partial charge is 0.416 e. The van der Waals surface area contributed by atoms with Crippen LogP contribution in [0.3, 0.4) is 0 Å². The minimum absolute atomic E-state index is 0.108. The second-order valence-corrected chi connectivity index (χ2v) is 25.3. The summed E-state index contributed by atoms with van der Waals surface area (Å²) in [6.07, 6.45) is 2.93. The van der Waals surface area contributed by atoms with E-state index >= 15 is 0 Å². The van der Waals surface area contributed by atoms with Gasteiger partial charge in [0.05, 0.1) is 42.4 Å². The summed E-state index contributed by atoms with van der Waals surface area (Å²) in [5.74, 6) is -1.60. The molecule has 0 fully saturated rings. The van der Waals surface area contributed by atoms with Gasteiger partial charge in [-0.1, -0.05) is 54.6 Å². The zero-order valence-electron chi connectivity index (χ0n) is 53.9. The van der Waals surface area contributed by atoms with E-state index in [1.807, 2.05) is 42.7 Å². The Bertz CT molecular complexity index is 5060. The first-order valence-corrected chi connectivity index (χ1v) is 32.3. The number of benzene rings is 10. The van der Waals surface area contributed by atoms with E-state index in [1.165, 1.54) is 33.1 Å². The van der Waals surface area contributed by atoms with Crippen molar-refractivity contribution < 1.29 is 67.9 Å². The summed E-state index contributed by atoms with van der Waals surface area (Å²) >= 11 is 0. The molecule has 14 nitrogen and oxygen atoms in total. The Morgan fingerprint density at radius 3 is 1.20 bits per heavy atom. The Hall–Kier alpha value is -11.8. The summed E-state index contributed by atoms with van der Waals surface area (Å²) < 4.78 is 159. The fraction of sp³-hybridized carbons (Fsp3) is 0.179. The van der Waals surface area contributed by atoms with E-state index in [0.717, 1.165) is 115 Å². The SMILES string of the molecule is Cc1cccc(N2COc3c(ccc4c5c(ccc34)CN(c3cccc(C(F)(F)F)c3)CO5)C2)c1.Fc1cc(F)c(N2COc3cc4cc5c(cc4cc3C2)CN(c2c(F)cc(F)cc2F)CO5)c(F)c1.c1cncc(N2COc3cc4ccc5c(c4cc3C2)OCN(c2cccnc2)C5)c1. The largest absolute Gasteiger partial charge is 0.473 e. The molecular weight excluding hydrogens is 1320 g/mol. The third-order valence-corrected chi connectivity index (χ3v) is 18.6. The van der Waals surface area contributed by atoms with Gasteiger partial charge in [-0.15, -0.1) is 0 Å². The molecule has 18 rings (SSSR count). The van der Waals surface area contributed by atoms with Crippen molar-refractivity contribution in [2.75, 3.05) is 69.8 Å². The van der Waals surface area contributed by atoms with Crippen LogP contribution in [0.2, 0.25) is 0 Å². The third-order valence-electron chi connectivity index (χ3n) is 18.6. The molecule has 101 heavy (non-hydrogen) atoms. The van der Waals surface area contributed by atoms with Crippen LogP contribution in [-0.4, -0.2) is 50.4 Å². The van der Waals surface area contributed by atoms with Crippen molar-refractivity contribution in [2.24, 2.45) is 0 Å². The topological polar surface area (TPSA) is 101 Å². The average Bonchev–Trinajstić information content (AvgIpc) is 0.768. The Labute approximate surface area is 572 Å². The highest BCUT2D eigenvalue weighted by atomic mass is 19.4. The van der Waals surface area contributed by atoms with Crippen LogP contribution in [0.5, 0.6) is 34.5 Å². The summed E-state index contributed by atoms with van der Waals surface area (Å²) in [6.45, 7) is 6.46. The van der Waals surface area contributed by atoms with Crippen molar-refractivity contribution in [3.05, 3.63) is 274 Å². The number of aryl methyl sites for hydroxylation is 1. The molecule has 0 spiro atoms. The van der Waals surface area contributed by atoms with Crippen LogP contribution in [0.4, 0.5) is 73.6 Å². The summed E-state index contributed by atoms with van der Waals surface area (Å²) in [7, 11) is 0. The lowest BCUT2D eigenvalue weighted by atomic mass is 9.99. The fourth-order valence-corrected chi connectivity index (χ4v) is 13.7. The fourth-order valence-electron chi connectivity index (χ4n) is 13.7. The van der Waals surface area contributed by atoms with Crippen LogP contribution in [0.1, 0.15) is 44.5 Å². The predicted molar refractivity (Wildman–Crippen MR) is 366 cm³/mol. The molecule has 0 N–H and O–H groups in total. The highest BCUT2D eigenvalue weighted by Gasteiger charge is 2.33. The van der Waals surface area contributed by atoms with Gasteiger partial charge >= 0.3 is 6.18 Å². The summed E-state index contributed by atoms with van der Waals surface area (Å²) in [5, 5.41) is 5.72. The monoisotopic (exact) mass is 1370 g/mol. The van der Waals surface area contributed by atoms with Gasteiger partial charge in [0.15, 0.2) is 63.7 Å². The van der Waals surface area contributed by atoms with E-state index in [-0.39, 0.29) is 44.7 Å². The molecule has 0 bridgehead atoms. The van der Waals surface area contributed by atoms with E-state index < -0.39 is 46.6 Å². The van der Waals surface area contributed by atoms with Gasteiger partial charge < -0.3 is 57.8 Å². The van der Waals surface area contributed by atoms with Crippen LogP contribution in [0, 0.1) is 41.8 Å². The third kappa shape index (κ3) is 12.7. The number of alkyl halides is 3. The summed E-state index contributed by atoms with van der Waals surface area (Å²) in [6, 6.07) is 48.1. The number of aromatic nitrogens is 2. The first kappa shape index (κ1) is 64.0. The molecule has 2 aromatic heterocycles. The Morgan fingerprint density at radius 2 is 0.723 bits per heavy atom. The molecule has 0 radical (unpaired) electrons. The molecule has 0 amide bonds. The van der Waals surface area contributed by atoms with E-state index in [1.54, 1.807) is 47.6 Å². The summed E-state index contributed by atoms with van der Waals surface area (Å²) in [5.41, 5.74) is 9.14. The molecule has 10 aromatic carbocycles. The van der Waals surface area contributed by atoms with Gasteiger partial charge in [-0.05, 0) is 120 Å². The van der Waals surface area contributed by atoms with Gasteiger partial charge in [-0.3, -0.25) is 9.97 Å². The number of nitrogens with zero attached hydrogens (tertiary/aromatic N) is 8. The van der Waals surface area contributed by atoms with E-state index in [0.29, 0.717) is 79.3 Å². The number of fused-ring (bicyclic) bond motifs is 12. The zero-order chi connectivity index (χ0) is 69.2. The predicted octanol–water partition coefficient (Wildman–Crippen LogP) is 17.6. The van der Waals surface area contributed by atoms with Crippen molar-refractivity contribution in [3.8, 4) is 34.5 Å². The van der Waals surface area contributed by atoms with Gasteiger partial charge in [0, 0.05) is 124 Å². The summed E-state index contributed by atoms with van der Waals surface area (Å²) in [4.78, 5) is 19.5. The average molecular weight is 1380 g/mol. The van der Waals surface area contributed by atoms with E-state index in [4.69, 9.17) is 28.4 Å². The van der Waals surface area contributed by atoms with E-state index in [9.17, 15) is 39.5 Å². The Morgan fingerprint density at radius 1 is 0.337 bits per heavy atom. The quantitative estimate of drug-likeness (QED) is 0.148. The Balaban J connectivity index is 0.000000118. The van der Waals surface area contributed by atoms with Gasteiger partial charge in [-0.2, -0.15) is 13.2 Å². The van der Waals surface area contributed by atoms with Crippen LogP contribution in [0.15, 0.2) is 195 Å². The number of hydrogen-bond acceptors (Lipinski definition) is 14. The first-order valence-electron chi connectivity index (χ1n) is 32.3. The van der Waals surface area contributed by atoms with Gasteiger partial charge in [0.2, 0.25) is 0 Å².